The highest BCUT2D eigenvalue weighted by atomic mass is 14.6. The van der Waals surface area contributed by atoms with Gasteiger partial charge < -0.3 is 5.73 Å². The Morgan fingerprint density at radius 2 is 2.06 bits per heavy atom. The summed E-state index contributed by atoms with van der Waals surface area (Å²) in [6.45, 7) is 0. The number of rotatable bonds is 3. The first-order chi connectivity index (χ1) is 8.33. The van der Waals surface area contributed by atoms with Crippen molar-refractivity contribution in [1.29, 1.82) is 0 Å². The molecule has 2 aliphatic rings. The van der Waals surface area contributed by atoms with Gasteiger partial charge in [-0.05, 0) is 67.9 Å². The molecule has 2 nitrogen and oxygen atoms in total. The lowest BCUT2D eigenvalue weighted by Gasteiger charge is -2.26. The molecule has 2 saturated carbocycles. The fraction of sp³-hybridized carbons (Fsp3) is 0.667. The summed E-state index contributed by atoms with van der Waals surface area (Å²) in [5, 5.41) is 0. The van der Waals surface area contributed by atoms with Crippen LogP contribution in [-0.4, -0.2) is 11.0 Å². The minimum absolute atomic E-state index is 0.486. The molecule has 2 fully saturated rings. The number of aromatic nitrogens is 1. The molecule has 2 heteroatoms. The molecular weight excluding hydrogens is 208 g/mol. The highest BCUT2D eigenvalue weighted by Gasteiger charge is 2.39. The molecule has 17 heavy (non-hydrogen) atoms. The second-order valence-electron chi connectivity index (χ2n) is 5.91. The van der Waals surface area contributed by atoms with Gasteiger partial charge >= 0.3 is 0 Å². The summed E-state index contributed by atoms with van der Waals surface area (Å²) in [6.07, 6.45) is 11.9. The van der Waals surface area contributed by atoms with E-state index in [-0.39, 0.29) is 0 Å². The zero-order chi connectivity index (χ0) is 11.7. The van der Waals surface area contributed by atoms with Crippen LogP contribution in [0.2, 0.25) is 0 Å². The van der Waals surface area contributed by atoms with E-state index in [2.05, 4.69) is 17.1 Å². The summed E-state index contributed by atoms with van der Waals surface area (Å²) in [4.78, 5) is 4.22. The van der Waals surface area contributed by atoms with Crippen LogP contribution in [0.4, 0.5) is 0 Å². The van der Waals surface area contributed by atoms with Gasteiger partial charge in [-0.25, -0.2) is 0 Å². The van der Waals surface area contributed by atoms with Crippen LogP contribution in [0.3, 0.4) is 0 Å². The average molecular weight is 230 g/mol. The lowest BCUT2D eigenvalue weighted by Crippen LogP contribution is -2.26. The molecule has 0 aromatic carbocycles. The smallest absolute Gasteiger partial charge is 0.0302 e. The largest absolute Gasteiger partial charge is 0.328 e. The maximum Gasteiger partial charge on any atom is 0.0302 e. The number of hydrogen-bond acceptors (Lipinski definition) is 2. The van der Waals surface area contributed by atoms with Crippen molar-refractivity contribution in [3.05, 3.63) is 30.1 Å². The van der Waals surface area contributed by atoms with Gasteiger partial charge in [0.05, 0.1) is 0 Å². The molecule has 2 N–H and O–H groups in total. The molecule has 92 valence electrons. The minimum atomic E-state index is 0.486. The van der Waals surface area contributed by atoms with E-state index >= 15 is 0 Å². The lowest BCUT2D eigenvalue weighted by molar-refractivity contribution is 0.298. The highest BCUT2D eigenvalue weighted by molar-refractivity contribution is 5.22. The third-order valence-electron chi connectivity index (χ3n) is 4.56. The predicted octanol–water partition coefficient (Wildman–Crippen LogP) is 3.09. The van der Waals surface area contributed by atoms with Crippen LogP contribution in [0.25, 0.3) is 0 Å². The van der Waals surface area contributed by atoms with Gasteiger partial charge in [0, 0.05) is 18.4 Å². The molecule has 1 aromatic heterocycles. The van der Waals surface area contributed by atoms with E-state index in [0.29, 0.717) is 6.04 Å². The Kier molecular flexibility index (Phi) is 3.15. The molecule has 1 unspecified atom stereocenters. The summed E-state index contributed by atoms with van der Waals surface area (Å²) in [7, 11) is 0. The first kappa shape index (κ1) is 11.2. The van der Waals surface area contributed by atoms with E-state index < -0.39 is 0 Å². The zero-order valence-corrected chi connectivity index (χ0v) is 10.4. The van der Waals surface area contributed by atoms with Crippen LogP contribution >= 0.6 is 0 Å². The molecule has 2 aliphatic carbocycles. The Labute approximate surface area is 104 Å². The third-order valence-corrected chi connectivity index (χ3v) is 4.56. The Balaban J connectivity index is 1.49. The van der Waals surface area contributed by atoms with Crippen LogP contribution in [0, 0.1) is 11.8 Å². The number of nitrogens with two attached hydrogens (primary N) is 1. The van der Waals surface area contributed by atoms with Crippen molar-refractivity contribution in [2.24, 2.45) is 17.6 Å². The standard InChI is InChI=1S/C15H22N2/c16-14-5-3-11(4-6-14)8-13-9-15(13)12-2-1-7-17-10-12/h1-2,7,10-11,13-15H,3-6,8-9,16H2/t11-,13-,14-,15?/m0/s1. The molecule has 0 radical (unpaired) electrons. The fourth-order valence-corrected chi connectivity index (χ4v) is 3.36. The monoisotopic (exact) mass is 230 g/mol. The van der Waals surface area contributed by atoms with Gasteiger partial charge in [0.25, 0.3) is 0 Å². The number of nitrogens with zero attached hydrogens (tertiary/aromatic N) is 1. The Bertz CT molecular complexity index is 354. The summed E-state index contributed by atoms with van der Waals surface area (Å²) in [5.41, 5.74) is 7.40. The molecule has 0 saturated heterocycles. The summed E-state index contributed by atoms with van der Waals surface area (Å²) in [5.74, 6) is 2.68. The maximum absolute atomic E-state index is 5.95. The lowest BCUT2D eigenvalue weighted by atomic mass is 9.83. The van der Waals surface area contributed by atoms with E-state index in [4.69, 9.17) is 5.73 Å². The molecule has 3 rings (SSSR count). The first-order valence-electron chi connectivity index (χ1n) is 6.98. The van der Waals surface area contributed by atoms with Gasteiger partial charge in [0.2, 0.25) is 0 Å². The van der Waals surface area contributed by atoms with Crippen LogP contribution in [-0.2, 0) is 0 Å². The van der Waals surface area contributed by atoms with Crippen molar-refractivity contribution in [2.45, 2.75) is 50.5 Å². The average Bonchev–Trinajstić information content (AvgIpc) is 3.13. The van der Waals surface area contributed by atoms with E-state index in [1.54, 1.807) is 0 Å². The first-order valence-corrected chi connectivity index (χ1v) is 6.98. The van der Waals surface area contributed by atoms with Gasteiger partial charge in [-0.2, -0.15) is 0 Å². The van der Waals surface area contributed by atoms with Gasteiger partial charge in [-0.15, -0.1) is 0 Å². The van der Waals surface area contributed by atoms with Crippen molar-refractivity contribution in [3.8, 4) is 0 Å². The summed E-state index contributed by atoms with van der Waals surface area (Å²) in [6, 6.07) is 4.78. The van der Waals surface area contributed by atoms with E-state index in [9.17, 15) is 0 Å². The van der Waals surface area contributed by atoms with Crippen molar-refractivity contribution in [1.82, 2.24) is 4.98 Å². The topological polar surface area (TPSA) is 38.9 Å². The summed E-state index contributed by atoms with van der Waals surface area (Å²) >= 11 is 0. The Morgan fingerprint density at radius 3 is 2.76 bits per heavy atom. The normalized spacial score (nSPS) is 36.8. The van der Waals surface area contributed by atoms with Gasteiger partial charge in [-0.3, -0.25) is 4.98 Å². The Morgan fingerprint density at radius 1 is 1.24 bits per heavy atom. The zero-order valence-electron chi connectivity index (χ0n) is 10.4. The summed E-state index contributed by atoms with van der Waals surface area (Å²) < 4.78 is 0. The number of hydrogen-bond donors (Lipinski definition) is 1. The van der Waals surface area contributed by atoms with Crippen molar-refractivity contribution >= 4 is 0 Å². The third kappa shape index (κ3) is 2.68. The molecule has 0 bridgehead atoms. The van der Waals surface area contributed by atoms with Crippen LogP contribution in [0.1, 0.15) is 50.0 Å². The van der Waals surface area contributed by atoms with Crippen LogP contribution in [0.15, 0.2) is 24.5 Å². The predicted molar refractivity (Wildman–Crippen MR) is 69.6 cm³/mol. The number of pyridine rings is 1. The molecule has 0 spiro atoms. The van der Waals surface area contributed by atoms with Crippen LogP contribution < -0.4 is 5.73 Å². The molecule has 1 aromatic rings. The van der Waals surface area contributed by atoms with Crippen molar-refractivity contribution < 1.29 is 0 Å². The quantitative estimate of drug-likeness (QED) is 0.866. The SMILES string of the molecule is N[C@H]1CC[C@H](C[C@H]2CC2c2cccnc2)CC1. The molecule has 0 amide bonds. The van der Waals surface area contributed by atoms with Crippen LogP contribution in [0.5, 0.6) is 0 Å². The van der Waals surface area contributed by atoms with E-state index in [1.165, 1.54) is 44.1 Å². The molecule has 1 heterocycles. The van der Waals surface area contributed by atoms with Crippen molar-refractivity contribution in [3.63, 3.8) is 0 Å². The fourth-order valence-electron chi connectivity index (χ4n) is 3.36. The highest BCUT2D eigenvalue weighted by Crippen LogP contribution is 2.51. The van der Waals surface area contributed by atoms with Gasteiger partial charge in [0.15, 0.2) is 0 Å². The van der Waals surface area contributed by atoms with Gasteiger partial charge in [-0.1, -0.05) is 6.07 Å². The molecular formula is C15H22N2. The van der Waals surface area contributed by atoms with Crippen molar-refractivity contribution in [2.75, 3.05) is 0 Å². The Hall–Kier alpha value is -0.890. The second kappa shape index (κ2) is 4.77. The second-order valence-corrected chi connectivity index (χ2v) is 5.91. The van der Waals surface area contributed by atoms with Gasteiger partial charge in [0.1, 0.15) is 0 Å². The van der Waals surface area contributed by atoms with E-state index in [1.807, 2.05) is 12.4 Å². The maximum atomic E-state index is 5.95. The van der Waals surface area contributed by atoms with E-state index in [0.717, 1.165) is 17.8 Å². The molecule has 2 atom stereocenters. The minimum Gasteiger partial charge on any atom is -0.328 e. The molecule has 0 aliphatic heterocycles.